The Hall–Kier alpha value is -2.37. The lowest BCUT2D eigenvalue weighted by molar-refractivity contribution is -0.302. The highest BCUT2D eigenvalue weighted by Crippen LogP contribution is 2.23. The monoisotopic (exact) mass is 956 g/mol. The van der Waals surface area contributed by atoms with Crippen molar-refractivity contribution in [1.82, 2.24) is 5.32 Å². The van der Waals surface area contributed by atoms with Crippen LogP contribution in [0.25, 0.3) is 0 Å². The third-order valence-corrected chi connectivity index (χ3v) is 13.0. The molecule has 0 spiro atoms. The Morgan fingerprint density at radius 3 is 1.34 bits per heavy atom. The van der Waals surface area contributed by atoms with Gasteiger partial charge in [-0.15, -0.1) is 0 Å². The van der Waals surface area contributed by atoms with Crippen molar-refractivity contribution in [3.8, 4) is 0 Å². The van der Waals surface area contributed by atoms with E-state index < -0.39 is 49.5 Å². The van der Waals surface area contributed by atoms with Gasteiger partial charge in [-0.3, -0.25) is 4.79 Å². The van der Waals surface area contributed by atoms with Crippen molar-refractivity contribution < 1.29 is 39.8 Å². The maximum Gasteiger partial charge on any atom is 0.220 e. The average Bonchev–Trinajstić information content (AvgIpc) is 3.34. The molecule has 7 unspecified atom stereocenters. The topological polar surface area (TPSA) is 149 Å². The molecular formula is C59H105NO8. The van der Waals surface area contributed by atoms with Gasteiger partial charge in [-0.2, -0.15) is 0 Å². The lowest BCUT2D eigenvalue weighted by Crippen LogP contribution is -2.60. The molecular weight excluding hydrogens is 851 g/mol. The minimum absolute atomic E-state index is 0.194. The molecule has 6 N–H and O–H groups in total. The number of carbonyl (C=O) groups is 1. The standard InChI is InChI=1S/C59H105NO8/c1-3-5-7-9-11-13-15-17-19-21-23-24-25-26-27-28-29-30-31-33-35-37-39-41-43-45-47-49-55(63)60-52(51-67-59-58(66)57(65)56(64)54(50-61)68-59)53(62)48-46-44-42-40-38-36-34-32-22-20-18-16-14-12-10-8-6-4-2/h15,17,21-23,25-26,32,38,40,46,48,52-54,56-59,61-62,64-66H,3-14,16,18-20,24,27-31,33-37,39,41-45,47,49-51H2,1-2H3,(H,60,63)/b17-15-,23-21-,26-25-,32-22+,40-38+,48-46+. The van der Waals surface area contributed by atoms with Crippen molar-refractivity contribution in [1.29, 1.82) is 0 Å². The van der Waals surface area contributed by atoms with Crippen LogP contribution in [-0.4, -0.2) is 87.5 Å². The molecule has 0 aromatic rings. The number of rotatable bonds is 47. The van der Waals surface area contributed by atoms with Crippen LogP contribution < -0.4 is 5.32 Å². The average molecular weight is 956 g/mol. The van der Waals surface area contributed by atoms with E-state index in [0.717, 1.165) is 64.2 Å². The predicted octanol–water partition coefficient (Wildman–Crippen LogP) is 13.7. The van der Waals surface area contributed by atoms with Gasteiger partial charge >= 0.3 is 0 Å². The van der Waals surface area contributed by atoms with Crippen LogP contribution in [-0.2, 0) is 14.3 Å². The molecule has 0 radical (unpaired) electrons. The van der Waals surface area contributed by atoms with Crippen LogP contribution in [0.5, 0.6) is 0 Å². The van der Waals surface area contributed by atoms with Gasteiger partial charge in [-0.05, 0) is 83.5 Å². The Kier molecular flexibility index (Phi) is 45.2. The number of hydrogen-bond acceptors (Lipinski definition) is 8. The van der Waals surface area contributed by atoms with E-state index in [0.29, 0.717) is 6.42 Å². The van der Waals surface area contributed by atoms with Crippen molar-refractivity contribution in [2.75, 3.05) is 13.2 Å². The van der Waals surface area contributed by atoms with Crippen LogP contribution >= 0.6 is 0 Å². The fourth-order valence-electron chi connectivity index (χ4n) is 8.49. The smallest absolute Gasteiger partial charge is 0.220 e. The summed E-state index contributed by atoms with van der Waals surface area (Å²) >= 11 is 0. The molecule has 9 nitrogen and oxygen atoms in total. The second-order valence-electron chi connectivity index (χ2n) is 19.4. The van der Waals surface area contributed by atoms with E-state index in [2.05, 4.69) is 79.9 Å². The number of ether oxygens (including phenoxy) is 2. The highest BCUT2D eigenvalue weighted by Gasteiger charge is 2.44. The van der Waals surface area contributed by atoms with Crippen LogP contribution in [0, 0.1) is 0 Å². The van der Waals surface area contributed by atoms with Crippen molar-refractivity contribution in [2.45, 2.75) is 281 Å². The number of aliphatic hydroxyl groups is 5. The molecule has 1 fully saturated rings. The molecule has 9 heteroatoms. The molecule has 1 heterocycles. The first-order valence-electron chi connectivity index (χ1n) is 28.2. The van der Waals surface area contributed by atoms with Crippen LogP contribution in [0.3, 0.4) is 0 Å². The summed E-state index contributed by atoms with van der Waals surface area (Å²) in [4.78, 5) is 13.0. The van der Waals surface area contributed by atoms with Crippen LogP contribution in [0.4, 0.5) is 0 Å². The second-order valence-corrected chi connectivity index (χ2v) is 19.4. The van der Waals surface area contributed by atoms with Gasteiger partial charge in [-0.1, -0.05) is 222 Å². The van der Waals surface area contributed by atoms with Gasteiger partial charge in [0.2, 0.25) is 5.91 Å². The van der Waals surface area contributed by atoms with Crippen molar-refractivity contribution in [3.05, 3.63) is 72.9 Å². The Morgan fingerprint density at radius 2 is 0.882 bits per heavy atom. The van der Waals surface area contributed by atoms with E-state index in [4.69, 9.17) is 9.47 Å². The van der Waals surface area contributed by atoms with Gasteiger partial charge < -0.3 is 40.3 Å². The lowest BCUT2D eigenvalue weighted by Gasteiger charge is -2.40. The summed E-state index contributed by atoms with van der Waals surface area (Å²) in [7, 11) is 0. The molecule has 394 valence electrons. The van der Waals surface area contributed by atoms with Gasteiger partial charge in [0.15, 0.2) is 6.29 Å². The van der Waals surface area contributed by atoms with Crippen molar-refractivity contribution in [2.24, 2.45) is 0 Å². The van der Waals surface area contributed by atoms with E-state index >= 15 is 0 Å². The first-order chi connectivity index (χ1) is 33.3. The number of allylic oxidation sites excluding steroid dienone is 11. The minimum Gasteiger partial charge on any atom is -0.394 e. The number of unbranched alkanes of at least 4 members (excludes halogenated alkanes) is 27. The molecule has 68 heavy (non-hydrogen) atoms. The summed E-state index contributed by atoms with van der Waals surface area (Å²) in [6.07, 6.45) is 59.6. The fraction of sp³-hybridized carbons (Fsp3) is 0.780. The first kappa shape index (κ1) is 63.6. The Bertz CT molecular complexity index is 1290. The van der Waals surface area contributed by atoms with Crippen LogP contribution in [0.15, 0.2) is 72.9 Å². The molecule has 1 amide bonds. The molecule has 0 aromatic carbocycles. The Morgan fingerprint density at radius 1 is 0.500 bits per heavy atom. The SMILES string of the molecule is CCCCCCC/C=C\C/C=C\C/C=C\CCCCCCCCCCCCCCC(=O)NC(COC1OC(CO)C(O)C(O)C1O)C(O)/C=C/CC/C=C/CC/C=C/CCCCCCCCCC. The molecule has 0 bridgehead atoms. The van der Waals surface area contributed by atoms with Crippen molar-refractivity contribution in [3.63, 3.8) is 0 Å². The molecule has 0 saturated carbocycles. The van der Waals surface area contributed by atoms with Gasteiger partial charge in [0, 0.05) is 6.42 Å². The van der Waals surface area contributed by atoms with E-state index in [1.54, 1.807) is 6.08 Å². The summed E-state index contributed by atoms with van der Waals surface area (Å²) in [6.45, 7) is 3.74. The summed E-state index contributed by atoms with van der Waals surface area (Å²) in [5.74, 6) is -0.194. The Labute approximate surface area is 417 Å². The zero-order valence-electron chi connectivity index (χ0n) is 43.6. The minimum atomic E-state index is -1.58. The normalized spacial score (nSPS) is 20.1. The zero-order chi connectivity index (χ0) is 49.4. The third-order valence-electron chi connectivity index (χ3n) is 13.0. The highest BCUT2D eigenvalue weighted by molar-refractivity contribution is 5.76. The fourth-order valence-corrected chi connectivity index (χ4v) is 8.49. The third kappa shape index (κ3) is 37.5. The molecule has 1 rings (SSSR count). The van der Waals surface area contributed by atoms with E-state index in [1.807, 2.05) is 6.08 Å². The highest BCUT2D eigenvalue weighted by atomic mass is 16.7. The molecule has 1 aliphatic heterocycles. The number of aliphatic hydroxyl groups excluding tert-OH is 5. The van der Waals surface area contributed by atoms with E-state index in [-0.39, 0.29) is 12.5 Å². The van der Waals surface area contributed by atoms with E-state index in [9.17, 15) is 30.3 Å². The van der Waals surface area contributed by atoms with Crippen LogP contribution in [0.1, 0.15) is 239 Å². The largest absolute Gasteiger partial charge is 0.394 e. The number of hydrogen-bond donors (Lipinski definition) is 6. The van der Waals surface area contributed by atoms with Gasteiger partial charge in [-0.25, -0.2) is 0 Å². The molecule has 1 saturated heterocycles. The van der Waals surface area contributed by atoms with E-state index in [1.165, 1.54) is 154 Å². The number of nitrogens with one attached hydrogen (secondary N) is 1. The lowest BCUT2D eigenvalue weighted by atomic mass is 9.99. The molecule has 7 atom stereocenters. The number of carbonyl (C=O) groups excluding carboxylic acids is 1. The maximum atomic E-state index is 13.0. The maximum absolute atomic E-state index is 13.0. The molecule has 0 aliphatic carbocycles. The van der Waals surface area contributed by atoms with Gasteiger partial charge in [0.1, 0.15) is 24.4 Å². The van der Waals surface area contributed by atoms with Gasteiger partial charge in [0.25, 0.3) is 0 Å². The summed E-state index contributed by atoms with van der Waals surface area (Å²) in [6, 6.07) is -0.833. The van der Waals surface area contributed by atoms with Crippen LogP contribution in [0.2, 0.25) is 0 Å². The predicted molar refractivity (Wildman–Crippen MR) is 285 cm³/mol. The van der Waals surface area contributed by atoms with Gasteiger partial charge in [0.05, 0.1) is 25.4 Å². The quantitative estimate of drug-likeness (QED) is 0.0261. The molecule has 0 aromatic heterocycles. The summed E-state index contributed by atoms with van der Waals surface area (Å²) in [5, 5.41) is 54.4. The van der Waals surface area contributed by atoms with Crippen molar-refractivity contribution >= 4 is 5.91 Å². The first-order valence-corrected chi connectivity index (χ1v) is 28.2. The summed E-state index contributed by atoms with van der Waals surface area (Å²) < 4.78 is 11.2. The Balaban J connectivity index is 2.26. The second kappa shape index (κ2) is 48.3. The number of amides is 1. The summed E-state index contributed by atoms with van der Waals surface area (Å²) in [5.41, 5.74) is 0. The molecule has 1 aliphatic rings. The zero-order valence-corrected chi connectivity index (χ0v) is 43.6.